The molecule has 1 fully saturated rings. The highest BCUT2D eigenvalue weighted by molar-refractivity contribution is 8.26. The maximum absolute atomic E-state index is 11.5. The van der Waals surface area contributed by atoms with Gasteiger partial charge in [0.05, 0.1) is 9.83 Å². The van der Waals surface area contributed by atoms with Crippen LogP contribution < -0.4 is 0 Å². The summed E-state index contributed by atoms with van der Waals surface area (Å²) < 4.78 is 0.0386. The first-order chi connectivity index (χ1) is 8.49. The first-order valence-corrected chi connectivity index (χ1v) is 5.93. The van der Waals surface area contributed by atoms with Gasteiger partial charge in [-0.2, -0.15) is 5.06 Å². The van der Waals surface area contributed by atoms with Gasteiger partial charge < -0.3 is 0 Å². The quantitative estimate of drug-likeness (QED) is 0.294. The number of carbonyl (C=O) groups excluding carboxylic acids is 1. The molecule has 6 nitrogen and oxygen atoms in total. The average molecular weight is 282 g/mol. The molecule has 0 radical (unpaired) electrons. The molecule has 1 aliphatic heterocycles. The number of nitro groups is 1. The predicted octanol–water partition coefficient (Wildman–Crippen LogP) is 2.19. The van der Waals surface area contributed by atoms with Crippen molar-refractivity contribution in [1.29, 1.82) is 0 Å². The Balaban J connectivity index is 2.34. The lowest BCUT2D eigenvalue weighted by atomic mass is 10.2. The number of hydrogen-bond donors (Lipinski definition) is 1. The normalized spacial score (nSPS) is 17.6. The Labute approximate surface area is 111 Å². The molecule has 0 bridgehead atoms. The van der Waals surface area contributed by atoms with Gasteiger partial charge >= 0.3 is 0 Å². The molecule has 1 aromatic rings. The molecular formula is C10H6N2O4S2. The number of thioether (sulfide) groups is 1. The van der Waals surface area contributed by atoms with Crippen LogP contribution in [0.4, 0.5) is 5.69 Å². The second kappa shape index (κ2) is 4.84. The highest BCUT2D eigenvalue weighted by Crippen LogP contribution is 2.31. The molecule has 8 heteroatoms. The number of hydrogen-bond acceptors (Lipinski definition) is 6. The van der Waals surface area contributed by atoms with Crippen LogP contribution in [-0.2, 0) is 4.79 Å². The van der Waals surface area contributed by atoms with E-state index in [-0.39, 0.29) is 14.9 Å². The SMILES string of the molecule is O=C1C(=Cc2cccc([N+](=O)[O-])c2)SC(=S)N1O. The summed E-state index contributed by atoms with van der Waals surface area (Å²) in [5, 5.41) is 20.2. The lowest BCUT2D eigenvalue weighted by Gasteiger charge is -2.00. The third kappa shape index (κ3) is 2.40. The minimum Gasteiger partial charge on any atom is -0.279 e. The summed E-state index contributed by atoms with van der Waals surface area (Å²) in [5.74, 6) is -0.628. The summed E-state index contributed by atoms with van der Waals surface area (Å²) in [7, 11) is 0. The molecule has 0 aliphatic carbocycles. The van der Waals surface area contributed by atoms with Crippen molar-refractivity contribution in [2.45, 2.75) is 0 Å². The average Bonchev–Trinajstić information content (AvgIpc) is 2.57. The molecule has 1 aromatic carbocycles. The van der Waals surface area contributed by atoms with Crippen LogP contribution in [0, 0.1) is 10.1 Å². The molecule has 1 saturated heterocycles. The van der Waals surface area contributed by atoms with Crippen molar-refractivity contribution in [3.05, 3.63) is 44.8 Å². The minimum atomic E-state index is -0.628. The van der Waals surface area contributed by atoms with E-state index in [9.17, 15) is 20.1 Å². The van der Waals surface area contributed by atoms with E-state index in [4.69, 9.17) is 12.2 Å². The van der Waals surface area contributed by atoms with Gasteiger partial charge in [0, 0.05) is 12.1 Å². The fourth-order valence-electron chi connectivity index (χ4n) is 1.34. The Hall–Kier alpha value is -1.77. The van der Waals surface area contributed by atoms with Crippen molar-refractivity contribution in [2.75, 3.05) is 0 Å². The maximum Gasteiger partial charge on any atom is 0.290 e. The van der Waals surface area contributed by atoms with Gasteiger partial charge in [-0.25, -0.2) is 0 Å². The Morgan fingerprint density at radius 2 is 2.22 bits per heavy atom. The van der Waals surface area contributed by atoms with Crippen molar-refractivity contribution in [3.8, 4) is 0 Å². The third-order valence-electron chi connectivity index (χ3n) is 2.15. The molecule has 18 heavy (non-hydrogen) atoms. The molecule has 0 atom stereocenters. The van der Waals surface area contributed by atoms with E-state index in [0.717, 1.165) is 11.8 Å². The molecule has 1 heterocycles. The van der Waals surface area contributed by atoms with Crippen LogP contribution in [0.15, 0.2) is 29.2 Å². The van der Waals surface area contributed by atoms with Crippen LogP contribution in [-0.4, -0.2) is 25.4 Å². The lowest BCUT2D eigenvalue weighted by Crippen LogP contribution is -2.23. The van der Waals surface area contributed by atoms with Gasteiger partial charge in [-0.15, -0.1) is 0 Å². The zero-order valence-electron chi connectivity index (χ0n) is 8.77. The Morgan fingerprint density at radius 1 is 1.50 bits per heavy atom. The molecule has 2 rings (SSSR count). The number of amides is 1. The van der Waals surface area contributed by atoms with Gasteiger partial charge in [0.15, 0.2) is 4.32 Å². The summed E-state index contributed by atoms with van der Waals surface area (Å²) in [6.07, 6.45) is 1.45. The van der Waals surface area contributed by atoms with Crippen molar-refractivity contribution in [2.24, 2.45) is 0 Å². The molecule has 1 aliphatic rings. The van der Waals surface area contributed by atoms with Crippen LogP contribution in [0.2, 0.25) is 0 Å². The number of nitrogens with zero attached hydrogens (tertiary/aromatic N) is 2. The lowest BCUT2D eigenvalue weighted by molar-refractivity contribution is -0.384. The molecular weight excluding hydrogens is 276 g/mol. The summed E-state index contributed by atoms with van der Waals surface area (Å²) in [6.45, 7) is 0. The second-order valence-electron chi connectivity index (χ2n) is 3.35. The highest BCUT2D eigenvalue weighted by Gasteiger charge is 2.30. The number of hydroxylamine groups is 2. The van der Waals surface area contributed by atoms with E-state index in [2.05, 4.69) is 0 Å². The van der Waals surface area contributed by atoms with E-state index < -0.39 is 10.8 Å². The van der Waals surface area contributed by atoms with E-state index >= 15 is 0 Å². The van der Waals surface area contributed by atoms with Gasteiger partial charge in [0.1, 0.15) is 0 Å². The van der Waals surface area contributed by atoms with Crippen LogP contribution in [0.3, 0.4) is 0 Å². The van der Waals surface area contributed by atoms with Gasteiger partial charge in [-0.05, 0) is 23.9 Å². The predicted molar refractivity (Wildman–Crippen MR) is 69.9 cm³/mol. The molecule has 0 saturated carbocycles. The second-order valence-corrected chi connectivity index (χ2v) is 5.02. The Morgan fingerprint density at radius 3 is 2.78 bits per heavy atom. The Bertz CT molecular complexity index is 585. The largest absolute Gasteiger partial charge is 0.290 e. The first-order valence-electron chi connectivity index (χ1n) is 4.70. The number of benzene rings is 1. The fourth-order valence-corrected chi connectivity index (χ4v) is 2.42. The van der Waals surface area contributed by atoms with E-state index in [1.165, 1.54) is 24.3 Å². The number of nitro benzene ring substituents is 1. The summed E-state index contributed by atoms with van der Waals surface area (Å²) in [4.78, 5) is 21.8. The molecule has 1 N–H and O–H groups in total. The number of non-ortho nitro benzene ring substituents is 1. The van der Waals surface area contributed by atoms with Crippen molar-refractivity contribution < 1.29 is 14.9 Å². The zero-order valence-corrected chi connectivity index (χ0v) is 10.4. The van der Waals surface area contributed by atoms with Crippen molar-refractivity contribution in [3.63, 3.8) is 0 Å². The van der Waals surface area contributed by atoms with Gasteiger partial charge in [-0.3, -0.25) is 20.1 Å². The number of thiocarbonyl (C=S) groups is 1. The maximum atomic E-state index is 11.5. The van der Waals surface area contributed by atoms with Gasteiger partial charge in [0.2, 0.25) is 0 Å². The summed E-state index contributed by atoms with van der Waals surface area (Å²) in [5.41, 5.74) is 0.432. The monoisotopic (exact) mass is 282 g/mol. The van der Waals surface area contributed by atoms with E-state index in [0.29, 0.717) is 10.6 Å². The van der Waals surface area contributed by atoms with Crippen molar-refractivity contribution in [1.82, 2.24) is 5.06 Å². The smallest absolute Gasteiger partial charge is 0.279 e. The molecule has 0 unspecified atom stereocenters. The number of carbonyl (C=O) groups is 1. The van der Waals surface area contributed by atoms with Crippen LogP contribution in [0.5, 0.6) is 0 Å². The topological polar surface area (TPSA) is 83.7 Å². The van der Waals surface area contributed by atoms with Crippen LogP contribution in [0.25, 0.3) is 6.08 Å². The first kappa shape index (κ1) is 12.7. The highest BCUT2D eigenvalue weighted by atomic mass is 32.2. The van der Waals surface area contributed by atoms with E-state index in [1.807, 2.05) is 0 Å². The van der Waals surface area contributed by atoms with Gasteiger partial charge in [-0.1, -0.05) is 23.9 Å². The summed E-state index contributed by atoms with van der Waals surface area (Å²) >= 11 is 5.69. The molecule has 1 amide bonds. The molecule has 92 valence electrons. The third-order valence-corrected chi connectivity index (χ3v) is 3.44. The van der Waals surface area contributed by atoms with Gasteiger partial charge in [0.25, 0.3) is 11.6 Å². The number of rotatable bonds is 2. The van der Waals surface area contributed by atoms with Crippen molar-refractivity contribution >= 4 is 46.0 Å². The Kier molecular flexibility index (Phi) is 3.41. The van der Waals surface area contributed by atoms with Crippen LogP contribution >= 0.6 is 24.0 Å². The van der Waals surface area contributed by atoms with E-state index in [1.54, 1.807) is 6.07 Å². The van der Waals surface area contributed by atoms with Crippen LogP contribution in [0.1, 0.15) is 5.56 Å². The molecule has 0 spiro atoms. The summed E-state index contributed by atoms with van der Waals surface area (Å²) in [6, 6.07) is 5.83. The minimum absolute atomic E-state index is 0.0386. The standard InChI is InChI=1S/C10H6N2O4S2/c13-9-8(18-10(17)11(9)14)5-6-2-1-3-7(4-6)12(15)16/h1-5,14H. The molecule has 0 aromatic heterocycles. The zero-order chi connectivity index (χ0) is 13.3. The fraction of sp³-hybridized carbons (Fsp3) is 0.